The molecule has 0 bridgehead atoms. The molecule has 0 aromatic heterocycles. The van der Waals surface area contributed by atoms with Crippen molar-refractivity contribution in [3.05, 3.63) is 24.3 Å². The second-order valence-electron chi connectivity index (χ2n) is 3.84. The van der Waals surface area contributed by atoms with E-state index in [1.807, 2.05) is 0 Å². The molecule has 0 amide bonds. The number of nitrogens with one attached hydrogen (secondary N) is 1. The summed E-state index contributed by atoms with van der Waals surface area (Å²) in [6.07, 6.45) is 0. The molecule has 0 aliphatic carbocycles. The highest BCUT2D eigenvalue weighted by Crippen LogP contribution is 2.12. The summed E-state index contributed by atoms with van der Waals surface area (Å²) in [5, 5.41) is 8.17. The van der Waals surface area contributed by atoms with Crippen molar-refractivity contribution in [3.8, 4) is 0 Å². The summed E-state index contributed by atoms with van der Waals surface area (Å²) >= 11 is 0. The van der Waals surface area contributed by atoms with Crippen LogP contribution in [0.5, 0.6) is 0 Å². The summed E-state index contributed by atoms with van der Waals surface area (Å²) in [7, 11) is -3.58. The van der Waals surface area contributed by atoms with Crippen molar-refractivity contribution >= 4 is 15.7 Å². The molecule has 0 aliphatic heterocycles. The highest BCUT2D eigenvalue weighted by atomic mass is 32.2. The maximum Gasteiger partial charge on any atom is 0.238 e. The summed E-state index contributed by atoms with van der Waals surface area (Å²) in [4.78, 5) is 0.137. The number of hydrogen-bond acceptors (Lipinski definition) is 3. The number of anilines is 1. The Bertz CT molecular complexity index is 410. The highest BCUT2D eigenvalue weighted by molar-refractivity contribution is 7.89. The first-order chi connectivity index (χ1) is 6.89. The van der Waals surface area contributed by atoms with Crippen LogP contribution in [-0.2, 0) is 10.0 Å². The molecule has 1 rings (SSSR count). The normalized spacial score (nSPS) is 11.7. The van der Waals surface area contributed by atoms with Crippen molar-refractivity contribution < 1.29 is 8.42 Å². The molecule has 0 heterocycles. The van der Waals surface area contributed by atoms with Gasteiger partial charge in [0.05, 0.1) is 4.90 Å². The van der Waals surface area contributed by atoms with E-state index in [1.54, 1.807) is 12.1 Å². The number of rotatable bonds is 4. The van der Waals surface area contributed by atoms with Crippen LogP contribution in [0, 0.1) is 5.92 Å². The lowest BCUT2D eigenvalue weighted by atomic mass is 10.2. The van der Waals surface area contributed by atoms with Gasteiger partial charge in [0.2, 0.25) is 10.0 Å². The van der Waals surface area contributed by atoms with E-state index in [1.165, 1.54) is 12.1 Å². The number of sulfonamides is 1. The number of nitrogens with two attached hydrogens (primary N) is 1. The van der Waals surface area contributed by atoms with Crippen molar-refractivity contribution in [2.75, 3.05) is 11.9 Å². The van der Waals surface area contributed by atoms with Gasteiger partial charge in [-0.25, -0.2) is 13.6 Å². The van der Waals surface area contributed by atoms with Crippen LogP contribution in [0.2, 0.25) is 0 Å². The van der Waals surface area contributed by atoms with Crippen LogP contribution in [0.1, 0.15) is 13.8 Å². The molecule has 0 saturated carbocycles. The highest BCUT2D eigenvalue weighted by Gasteiger charge is 2.06. The lowest BCUT2D eigenvalue weighted by Gasteiger charge is -2.08. The zero-order valence-corrected chi connectivity index (χ0v) is 9.71. The molecule has 0 atom stereocenters. The Kier molecular flexibility index (Phi) is 3.71. The molecule has 84 valence electrons. The van der Waals surface area contributed by atoms with Gasteiger partial charge in [0.25, 0.3) is 0 Å². The first-order valence-corrected chi connectivity index (χ1v) is 6.31. The Balaban J connectivity index is 2.73. The van der Waals surface area contributed by atoms with Crippen molar-refractivity contribution in [3.63, 3.8) is 0 Å². The van der Waals surface area contributed by atoms with Crippen molar-refractivity contribution in [1.29, 1.82) is 0 Å². The lowest BCUT2D eigenvalue weighted by molar-refractivity contribution is 0.598. The van der Waals surface area contributed by atoms with Gasteiger partial charge in [0, 0.05) is 12.2 Å². The minimum Gasteiger partial charge on any atom is -0.385 e. The summed E-state index contributed by atoms with van der Waals surface area (Å²) in [5.74, 6) is 0.544. The molecular formula is C10H16N2O2S. The van der Waals surface area contributed by atoms with Crippen LogP contribution in [-0.4, -0.2) is 15.0 Å². The average Bonchev–Trinajstić information content (AvgIpc) is 2.14. The summed E-state index contributed by atoms with van der Waals surface area (Å²) in [5.41, 5.74) is 0.899. The van der Waals surface area contributed by atoms with E-state index < -0.39 is 10.0 Å². The predicted octanol–water partition coefficient (Wildman–Crippen LogP) is 1.40. The fourth-order valence-corrected chi connectivity index (χ4v) is 1.60. The van der Waals surface area contributed by atoms with Gasteiger partial charge in [0.1, 0.15) is 0 Å². The van der Waals surface area contributed by atoms with Gasteiger partial charge < -0.3 is 5.32 Å². The van der Waals surface area contributed by atoms with Crippen LogP contribution in [0.3, 0.4) is 0 Å². The quantitative estimate of drug-likeness (QED) is 0.818. The Morgan fingerprint density at radius 2 is 1.80 bits per heavy atom. The van der Waals surface area contributed by atoms with Gasteiger partial charge in [-0.15, -0.1) is 0 Å². The molecule has 0 saturated heterocycles. The van der Waals surface area contributed by atoms with E-state index >= 15 is 0 Å². The first-order valence-electron chi connectivity index (χ1n) is 4.76. The second kappa shape index (κ2) is 4.63. The molecule has 5 heteroatoms. The minimum absolute atomic E-state index is 0.137. The van der Waals surface area contributed by atoms with Gasteiger partial charge in [-0.3, -0.25) is 0 Å². The maximum atomic E-state index is 11.0. The summed E-state index contributed by atoms with van der Waals surface area (Å²) in [6.45, 7) is 5.06. The van der Waals surface area contributed by atoms with E-state index in [0.29, 0.717) is 5.92 Å². The molecule has 1 aromatic carbocycles. The third-order valence-corrected chi connectivity index (χ3v) is 2.83. The lowest BCUT2D eigenvalue weighted by Crippen LogP contribution is -2.12. The van der Waals surface area contributed by atoms with Gasteiger partial charge in [0.15, 0.2) is 0 Å². The Labute approximate surface area is 90.5 Å². The molecule has 15 heavy (non-hydrogen) atoms. The molecule has 0 aliphatic rings. The fourth-order valence-electron chi connectivity index (χ4n) is 1.08. The molecule has 3 N–H and O–H groups in total. The summed E-state index contributed by atoms with van der Waals surface area (Å²) in [6, 6.07) is 6.42. The zero-order chi connectivity index (χ0) is 11.5. The topological polar surface area (TPSA) is 72.2 Å². The standard InChI is InChI=1S/C10H16N2O2S/c1-8(2)7-12-9-3-5-10(6-4-9)15(11,13)14/h3-6,8,12H,7H2,1-2H3,(H2,11,13,14). The van der Waals surface area contributed by atoms with E-state index in [9.17, 15) is 8.42 Å². The summed E-state index contributed by atoms with van der Waals surface area (Å²) < 4.78 is 21.9. The third kappa shape index (κ3) is 3.89. The zero-order valence-electron chi connectivity index (χ0n) is 8.90. The third-order valence-electron chi connectivity index (χ3n) is 1.90. The average molecular weight is 228 g/mol. The van der Waals surface area contributed by atoms with Crippen LogP contribution in [0.25, 0.3) is 0 Å². The number of primary sulfonamides is 1. The van der Waals surface area contributed by atoms with E-state index in [0.717, 1.165) is 12.2 Å². The molecule has 0 spiro atoms. The Hall–Kier alpha value is -1.07. The van der Waals surface area contributed by atoms with Gasteiger partial charge in [-0.1, -0.05) is 13.8 Å². The first kappa shape index (κ1) is 12.0. The van der Waals surface area contributed by atoms with Crippen LogP contribution in [0.15, 0.2) is 29.2 Å². The van der Waals surface area contributed by atoms with Crippen molar-refractivity contribution in [2.24, 2.45) is 11.1 Å². The van der Waals surface area contributed by atoms with Crippen LogP contribution >= 0.6 is 0 Å². The minimum atomic E-state index is -3.58. The van der Waals surface area contributed by atoms with Crippen LogP contribution < -0.4 is 10.5 Å². The fraction of sp³-hybridized carbons (Fsp3) is 0.400. The largest absolute Gasteiger partial charge is 0.385 e. The predicted molar refractivity (Wildman–Crippen MR) is 61.1 cm³/mol. The second-order valence-corrected chi connectivity index (χ2v) is 5.41. The molecule has 0 fully saturated rings. The molecule has 0 unspecified atom stereocenters. The van der Waals surface area contributed by atoms with E-state index in [-0.39, 0.29) is 4.90 Å². The van der Waals surface area contributed by atoms with Gasteiger partial charge in [-0.05, 0) is 30.2 Å². The van der Waals surface area contributed by atoms with Gasteiger partial charge >= 0.3 is 0 Å². The Morgan fingerprint density at radius 1 is 1.27 bits per heavy atom. The van der Waals surface area contributed by atoms with E-state index in [4.69, 9.17) is 5.14 Å². The molecule has 1 aromatic rings. The number of benzene rings is 1. The van der Waals surface area contributed by atoms with Crippen molar-refractivity contribution in [2.45, 2.75) is 18.7 Å². The monoisotopic (exact) mass is 228 g/mol. The molecule has 0 radical (unpaired) electrons. The van der Waals surface area contributed by atoms with Crippen LogP contribution in [0.4, 0.5) is 5.69 Å². The smallest absolute Gasteiger partial charge is 0.238 e. The van der Waals surface area contributed by atoms with Gasteiger partial charge in [-0.2, -0.15) is 0 Å². The maximum absolute atomic E-state index is 11.0. The van der Waals surface area contributed by atoms with Crippen molar-refractivity contribution in [1.82, 2.24) is 0 Å². The SMILES string of the molecule is CC(C)CNc1ccc(S(N)(=O)=O)cc1. The van der Waals surface area contributed by atoms with E-state index in [2.05, 4.69) is 19.2 Å². The number of hydrogen-bond donors (Lipinski definition) is 2. The molecule has 4 nitrogen and oxygen atoms in total. The molecular weight excluding hydrogens is 212 g/mol. The Morgan fingerprint density at radius 3 is 2.20 bits per heavy atom.